The van der Waals surface area contributed by atoms with Crippen LogP contribution in [0.2, 0.25) is 0 Å². The van der Waals surface area contributed by atoms with E-state index in [1.165, 1.54) is 4.31 Å². The number of fused-ring (bicyclic) bond motifs is 4. The molecule has 0 radical (unpaired) electrons. The number of aromatic nitrogens is 1. The van der Waals surface area contributed by atoms with E-state index >= 15 is 8.42 Å². The highest BCUT2D eigenvalue weighted by Gasteiger charge is 2.65. The second kappa shape index (κ2) is 19.9. The number of oxime groups is 1. The van der Waals surface area contributed by atoms with Gasteiger partial charge in [-0.25, -0.2) is 8.42 Å². The summed E-state index contributed by atoms with van der Waals surface area (Å²) in [4.78, 5) is 10.8. The summed E-state index contributed by atoms with van der Waals surface area (Å²) in [5.41, 5.74) is 3.71. The molecule has 2 N–H and O–H groups in total. The molecule has 11 nitrogen and oxygen atoms in total. The van der Waals surface area contributed by atoms with E-state index in [1.54, 1.807) is 37.5 Å². The van der Waals surface area contributed by atoms with Crippen molar-refractivity contribution in [1.82, 2.24) is 9.29 Å². The number of unbranched alkanes of at least 4 members (excludes halogenated alkanes) is 2. The number of aliphatic hydroxyl groups is 2. The second-order valence-corrected chi connectivity index (χ2v) is 19.5. The lowest BCUT2D eigenvalue weighted by Crippen LogP contribution is -2.69. The van der Waals surface area contributed by atoms with Gasteiger partial charge in [-0.2, -0.15) is 4.31 Å². The molecule has 3 aliphatic rings. The summed E-state index contributed by atoms with van der Waals surface area (Å²) in [7, 11) is -2.69. The molecule has 0 amide bonds. The van der Waals surface area contributed by atoms with Crippen molar-refractivity contribution in [3.8, 4) is 17.2 Å². The third-order valence-electron chi connectivity index (χ3n) is 13.5. The summed E-state index contributed by atoms with van der Waals surface area (Å²) in [6, 6.07) is 37.7. The van der Waals surface area contributed by atoms with Gasteiger partial charge in [0, 0.05) is 49.7 Å². The lowest BCUT2D eigenvalue weighted by atomic mass is 9.55. The van der Waals surface area contributed by atoms with Gasteiger partial charge in [0.05, 0.1) is 29.8 Å². The first-order valence-electron chi connectivity index (χ1n) is 23.0. The first-order valence-corrected chi connectivity index (χ1v) is 24.4. The van der Waals surface area contributed by atoms with Gasteiger partial charge in [0.15, 0.2) is 0 Å². The van der Waals surface area contributed by atoms with Crippen LogP contribution in [0.25, 0.3) is 21.7 Å². The Morgan fingerprint density at radius 3 is 2.38 bits per heavy atom. The first-order chi connectivity index (χ1) is 32.2. The van der Waals surface area contributed by atoms with Crippen LogP contribution in [-0.4, -0.2) is 72.3 Å². The number of benzene rings is 5. The molecule has 0 bridgehead atoms. The van der Waals surface area contributed by atoms with Crippen molar-refractivity contribution >= 4 is 37.4 Å². The molecule has 0 unspecified atom stereocenters. The summed E-state index contributed by atoms with van der Waals surface area (Å²) in [5.74, 6) is -0.562. The number of hydrogen-bond donors (Lipinski definition) is 2. The number of aliphatic hydroxyl groups excluding tert-OH is 2. The minimum Gasteiger partial charge on any atom is -0.460 e. The molecule has 1 saturated carbocycles. The molecule has 12 heteroatoms. The zero-order valence-electron chi connectivity index (χ0n) is 37.2. The molecule has 1 fully saturated rings. The average Bonchev–Trinajstić information content (AvgIpc) is 3.34. The Morgan fingerprint density at radius 2 is 1.58 bits per heavy atom. The van der Waals surface area contributed by atoms with Crippen molar-refractivity contribution in [1.29, 1.82) is 0 Å². The van der Waals surface area contributed by atoms with Crippen LogP contribution >= 0.6 is 0 Å². The van der Waals surface area contributed by atoms with Crippen LogP contribution < -0.4 is 9.47 Å². The maximum absolute atomic E-state index is 15.3. The van der Waals surface area contributed by atoms with Crippen molar-refractivity contribution in [2.75, 3.05) is 26.9 Å². The number of hydrogen-bond acceptors (Lipinski definition) is 10. The number of nitrogens with zero attached hydrogens (tertiary/aromatic N) is 3. The van der Waals surface area contributed by atoms with Crippen molar-refractivity contribution in [3.05, 3.63) is 163 Å². The van der Waals surface area contributed by atoms with Crippen LogP contribution in [0.15, 0.2) is 162 Å². The van der Waals surface area contributed by atoms with E-state index in [-0.39, 0.29) is 55.5 Å². The van der Waals surface area contributed by atoms with Gasteiger partial charge in [-0.15, -0.1) is 6.58 Å². The largest absolute Gasteiger partial charge is 0.460 e. The van der Waals surface area contributed by atoms with E-state index in [2.05, 4.69) is 35.8 Å². The highest BCUT2D eigenvalue weighted by atomic mass is 32.2. The van der Waals surface area contributed by atoms with E-state index in [9.17, 15) is 10.2 Å². The standard InChI is InChI=1S/C54H57N3O8S/c1-3-31-62-54-50(57(2)66(60,61)49-23-13-20-39-21-14-28-55-53(39)49)35-47(56-63-36-37-15-5-4-6-16-37)45-33-41(19-9-11-29-58)44(22-10-12-30-59)51(52(45)54)46-34-43(26-27-48(46)65-54)64-42-25-24-38-17-7-8-18-40(38)32-42/h3-8,13-18,20-21,23-28,32-34,41,44,50-52,58-59H,1,9-12,19,22,29-31,35-36H2,2H3/t41-,44+,50-,51+,52+,54+/m0/s1. The van der Waals surface area contributed by atoms with E-state index in [0.717, 1.165) is 53.2 Å². The second-order valence-electron chi connectivity index (χ2n) is 17.5. The zero-order chi connectivity index (χ0) is 45.7. The van der Waals surface area contributed by atoms with Gasteiger partial charge < -0.3 is 29.3 Å². The molecule has 6 atom stereocenters. The average molecular weight is 908 g/mol. The number of pyridine rings is 1. The Morgan fingerprint density at radius 1 is 0.848 bits per heavy atom. The third kappa shape index (κ3) is 8.88. The minimum atomic E-state index is -4.28. The summed E-state index contributed by atoms with van der Waals surface area (Å²) >= 11 is 0. The fourth-order valence-corrected chi connectivity index (χ4v) is 12.0. The van der Waals surface area contributed by atoms with Crippen LogP contribution in [-0.2, 0) is 26.2 Å². The molecule has 2 aliphatic carbocycles. The van der Waals surface area contributed by atoms with Gasteiger partial charge in [0.25, 0.3) is 0 Å². The summed E-state index contributed by atoms with van der Waals surface area (Å²) in [6.07, 6.45) is 10.1. The Labute approximate surface area is 387 Å². The van der Waals surface area contributed by atoms with Gasteiger partial charge in [-0.05, 0) is 102 Å². The van der Waals surface area contributed by atoms with E-state index in [0.29, 0.717) is 46.7 Å². The minimum absolute atomic E-state index is 0.0105. The molecule has 2 heterocycles. The lowest BCUT2D eigenvalue weighted by molar-refractivity contribution is -0.250. The SMILES string of the molecule is C=CCO[C@@]12Oc3ccc(Oc4ccc5ccccc5c4)cc3[C@H]3[C@H](CCCCO)[C@@H](CCCCO)C=C(C(=NOCc4ccccc4)C[C@@H]1N(C)S(=O)(=O)c1cccc4cccnc14)[C@H]32. The first kappa shape index (κ1) is 45.3. The Kier molecular flexibility index (Phi) is 13.7. The van der Waals surface area contributed by atoms with Gasteiger partial charge >= 0.3 is 0 Å². The normalized spacial score (nSPS) is 22.9. The summed E-state index contributed by atoms with van der Waals surface area (Å²) in [6.45, 7) is 4.46. The fraction of sp³-hybridized carbons (Fsp3) is 0.333. The van der Waals surface area contributed by atoms with E-state index in [1.807, 2.05) is 84.9 Å². The number of para-hydroxylation sites is 1. The van der Waals surface area contributed by atoms with Gasteiger partial charge in [0.1, 0.15) is 28.8 Å². The van der Waals surface area contributed by atoms with Crippen LogP contribution in [0.3, 0.4) is 0 Å². The Bertz CT molecular complexity index is 2850. The molecule has 5 aromatic carbocycles. The molecule has 0 spiro atoms. The number of likely N-dealkylation sites (N-methyl/N-ethyl adjacent to an activating group) is 1. The predicted octanol–water partition coefficient (Wildman–Crippen LogP) is 10.3. The third-order valence-corrected chi connectivity index (χ3v) is 15.4. The van der Waals surface area contributed by atoms with Gasteiger partial charge in [-0.3, -0.25) is 4.98 Å². The molecule has 342 valence electrons. The Hall–Kier alpha value is -5.89. The van der Waals surface area contributed by atoms with E-state index in [4.69, 9.17) is 24.2 Å². The predicted molar refractivity (Wildman–Crippen MR) is 257 cm³/mol. The van der Waals surface area contributed by atoms with Crippen molar-refractivity contribution in [2.45, 2.75) is 74.2 Å². The molecule has 1 aromatic heterocycles. The van der Waals surface area contributed by atoms with Crippen LogP contribution in [0.1, 0.15) is 62.0 Å². The smallest absolute Gasteiger partial charge is 0.245 e. The Balaban J connectivity index is 1.24. The molecule has 1 aliphatic heterocycles. The van der Waals surface area contributed by atoms with Crippen LogP contribution in [0.5, 0.6) is 17.2 Å². The number of ether oxygens (including phenoxy) is 3. The quantitative estimate of drug-likeness (QED) is 0.0462. The maximum atomic E-state index is 15.3. The monoisotopic (exact) mass is 907 g/mol. The topological polar surface area (TPSA) is 140 Å². The highest BCUT2D eigenvalue weighted by Crippen LogP contribution is 2.62. The van der Waals surface area contributed by atoms with E-state index < -0.39 is 27.8 Å². The maximum Gasteiger partial charge on any atom is 0.245 e. The van der Waals surface area contributed by atoms with Crippen molar-refractivity contribution < 1.29 is 37.7 Å². The lowest BCUT2D eigenvalue weighted by Gasteiger charge is -2.59. The molecule has 6 aromatic rings. The molecular formula is C54H57N3O8S. The number of sulfonamides is 1. The number of allylic oxidation sites excluding steroid dienone is 1. The van der Waals surface area contributed by atoms with Crippen LogP contribution in [0, 0.1) is 17.8 Å². The van der Waals surface area contributed by atoms with Crippen LogP contribution in [0.4, 0.5) is 0 Å². The summed E-state index contributed by atoms with van der Waals surface area (Å²) in [5, 5.41) is 27.8. The van der Waals surface area contributed by atoms with Crippen molar-refractivity contribution in [3.63, 3.8) is 0 Å². The molecule has 9 rings (SSSR count). The number of rotatable bonds is 19. The fourth-order valence-electron chi connectivity index (χ4n) is 10.5. The molecule has 66 heavy (non-hydrogen) atoms. The molecular weight excluding hydrogens is 851 g/mol. The van der Waals surface area contributed by atoms with Crippen molar-refractivity contribution in [2.24, 2.45) is 22.9 Å². The molecule has 0 saturated heterocycles. The van der Waals surface area contributed by atoms with Gasteiger partial charge in [-0.1, -0.05) is 109 Å². The summed E-state index contributed by atoms with van der Waals surface area (Å²) < 4.78 is 53.0. The highest BCUT2D eigenvalue weighted by molar-refractivity contribution is 7.89. The van der Waals surface area contributed by atoms with Gasteiger partial charge in [0.2, 0.25) is 15.8 Å². The zero-order valence-corrected chi connectivity index (χ0v) is 38.1.